The van der Waals surface area contributed by atoms with Crippen LogP contribution in [0.15, 0.2) is 66.7 Å². The maximum Gasteiger partial charge on any atom is 0.408 e. The second-order valence-corrected chi connectivity index (χ2v) is 8.34. The van der Waals surface area contributed by atoms with Crippen LogP contribution in [0.5, 0.6) is 17.2 Å². The van der Waals surface area contributed by atoms with Gasteiger partial charge in [-0.05, 0) is 73.4 Å². The Hall–Kier alpha value is -4.00. The molecule has 35 heavy (non-hydrogen) atoms. The van der Waals surface area contributed by atoms with Crippen molar-refractivity contribution in [3.63, 3.8) is 0 Å². The lowest BCUT2D eigenvalue weighted by molar-refractivity contribution is 0.0772. The molecule has 1 aliphatic heterocycles. The molecule has 3 aromatic carbocycles. The minimum absolute atomic E-state index is 0.0380. The van der Waals surface area contributed by atoms with Crippen LogP contribution in [0.2, 0.25) is 0 Å². The number of methoxy groups -OCH3 is 1. The molecule has 0 aromatic heterocycles. The van der Waals surface area contributed by atoms with Gasteiger partial charge in [-0.15, -0.1) is 0 Å². The van der Waals surface area contributed by atoms with Gasteiger partial charge < -0.3 is 19.5 Å². The molecule has 7 nitrogen and oxygen atoms in total. The molecule has 7 heteroatoms. The van der Waals surface area contributed by atoms with E-state index in [2.05, 4.69) is 0 Å². The highest BCUT2D eigenvalue weighted by atomic mass is 16.5. The van der Waals surface area contributed by atoms with Gasteiger partial charge in [0.2, 0.25) is 0 Å². The van der Waals surface area contributed by atoms with Crippen LogP contribution >= 0.6 is 0 Å². The fourth-order valence-electron chi connectivity index (χ4n) is 4.55. The summed E-state index contributed by atoms with van der Waals surface area (Å²) in [6, 6.07) is 19.9. The van der Waals surface area contributed by atoms with Gasteiger partial charge in [0, 0.05) is 25.2 Å². The Kier molecular flexibility index (Phi) is 7.25. The number of hydrogen-bond donors (Lipinski definition) is 1. The minimum Gasteiger partial charge on any atom is -0.493 e. The summed E-state index contributed by atoms with van der Waals surface area (Å²) in [5.41, 5.74) is 3.22. The highest BCUT2D eigenvalue weighted by Gasteiger charge is 2.33. The molecule has 3 aromatic rings. The molecule has 0 bridgehead atoms. The molecule has 0 fully saturated rings. The van der Waals surface area contributed by atoms with Crippen LogP contribution in [0.3, 0.4) is 0 Å². The van der Waals surface area contributed by atoms with Gasteiger partial charge >= 0.3 is 6.09 Å². The smallest absolute Gasteiger partial charge is 0.408 e. The molecule has 0 aliphatic carbocycles. The lowest BCUT2D eigenvalue weighted by Gasteiger charge is -2.36. The molecule has 0 radical (unpaired) electrons. The number of rotatable bonds is 7. The van der Waals surface area contributed by atoms with Gasteiger partial charge in [0.15, 0.2) is 11.5 Å². The fourth-order valence-corrected chi connectivity index (χ4v) is 4.55. The van der Waals surface area contributed by atoms with E-state index in [1.54, 1.807) is 24.1 Å². The van der Waals surface area contributed by atoms with Crippen molar-refractivity contribution < 1.29 is 24.2 Å². The van der Waals surface area contributed by atoms with Gasteiger partial charge in [-0.25, -0.2) is 4.79 Å². The topological polar surface area (TPSA) is 79.3 Å². The maximum absolute atomic E-state index is 12.7. The van der Waals surface area contributed by atoms with Crippen LogP contribution in [0.1, 0.15) is 46.9 Å². The quantitative estimate of drug-likeness (QED) is 0.483. The Bertz CT molecular complexity index is 1190. The Labute approximate surface area is 205 Å². The number of ether oxygens (including phenoxy) is 2. The molecule has 1 unspecified atom stereocenters. The third-order valence-corrected chi connectivity index (χ3v) is 6.39. The highest BCUT2D eigenvalue weighted by Crippen LogP contribution is 2.42. The zero-order valence-corrected chi connectivity index (χ0v) is 20.2. The third kappa shape index (κ3) is 4.94. The first-order chi connectivity index (χ1) is 17.0. The van der Waals surface area contributed by atoms with Crippen molar-refractivity contribution in [2.24, 2.45) is 0 Å². The van der Waals surface area contributed by atoms with Crippen LogP contribution in [-0.4, -0.2) is 53.7 Å². The first-order valence-corrected chi connectivity index (χ1v) is 11.8. The number of fused-ring (bicyclic) bond motifs is 1. The monoisotopic (exact) mass is 474 g/mol. The minimum atomic E-state index is -0.995. The van der Waals surface area contributed by atoms with Crippen molar-refractivity contribution in [3.8, 4) is 17.2 Å². The third-order valence-electron chi connectivity index (χ3n) is 6.39. The van der Waals surface area contributed by atoms with Crippen molar-refractivity contribution in [1.82, 2.24) is 9.80 Å². The lowest BCUT2D eigenvalue weighted by Crippen LogP contribution is -2.39. The number of hydrogen-bond acceptors (Lipinski definition) is 4. The summed E-state index contributed by atoms with van der Waals surface area (Å²) in [4.78, 5) is 28.1. The molecule has 0 saturated carbocycles. The molecule has 1 atom stereocenters. The maximum atomic E-state index is 12.7. The van der Waals surface area contributed by atoms with Gasteiger partial charge in [0.25, 0.3) is 5.91 Å². The molecule has 2 amide bonds. The summed E-state index contributed by atoms with van der Waals surface area (Å²) in [6.07, 6.45) is -0.427. The summed E-state index contributed by atoms with van der Waals surface area (Å²) in [5.74, 6) is 1.73. The number of benzene rings is 3. The van der Waals surface area contributed by atoms with E-state index in [4.69, 9.17) is 9.47 Å². The van der Waals surface area contributed by atoms with Crippen LogP contribution < -0.4 is 9.47 Å². The first-order valence-electron chi connectivity index (χ1n) is 11.8. The molecule has 0 spiro atoms. The van der Waals surface area contributed by atoms with E-state index < -0.39 is 12.1 Å². The molecule has 1 aliphatic rings. The van der Waals surface area contributed by atoms with Crippen molar-refractivity contribution in [2.75, 3.05) is 26.7 Å². The average molecular weight is 475 g/mol. The van der Waals surface area contributed by atoms with Crippen LogP contribution in [-0.2, 0) is 6.42 Å². The molecule has 1 N–H and O–H groups in total. The van der Waals surface area contributed by atoms with E-state index in [0.29, 0.717) is 48.9 Å². The number of para-hydroxylation sites is 1. The predicted octanol–water partition coefficient (Wildman–Crippen LogP) is 5.60. The van der Waals surface area contributed by atoms with Crippen molar-refractivity contribution >= 4 is 12.0 Å². The van der Waals surface area contributed by atoms with E-state index in [0.717, 1.165) is 16.7 Å². The number of amides is 2. The molecular weight excluding hydrogens is 444 g/mol. The van der Waals surface area contributed by atoms with Crippen molar-refractivity contribution in [3.05, 3.63) is 89.0 Å². The zero-order valence-electron chi connectivity index (χ0n) is 20.2. The summed E-state index contributed by atoms with van der Waals surface area (Å²) >= 11 is 0. The van der Waals surface area contributed by atoms with E-state index >= 15 is 0 Å². The van der Waals surface area contributed by atoms with Crippen molar-refractivity contribution in [1.29, 1.82) is 0 Å². The van der Waals surface area contributed by atoms with Crippen LogP contribution in [0.25, 0.3) is 0 Å². The number of carbonyl (C=O) groups is 2. The molecule has 0 saturated heterocycles. The molecule has 1 heterocycles. The van der Waals surface area contributed by atoms with E-state index in [9.17, 15) is 14.7 Å². The van der Waals surface area contributed by atoms with Crippen LogP contribution in [0.4, 0.5) is 4.79 Å². The van der Waals surface area contributed by atoms with Gasteiger partial charge in [0.05, 0.1) is 13.2 Å². The van der Waals surface area contributed by atoms with Gasteiger partial charge in [0.1, 0.15) is 5.75 Å². The summed E-state index contributed by atoms with van der Waals surface area (Å²) in [7, 11) is 1.59. The van der Waals surface area contributed by atoms with E-state index in [-0.39, 0.29) is 5.91 Å². The fraction of sp³-hybridized carbons (Fsp3) is 0.286. The Morgan fingerprint density at radius 1 is 1.00 bits per heavy atom. The van der Waals surface area contributed by atoms with Crippen LogP contribution in [0, 0.1) is 0 Å². The number of carbonyl (C=O) groups excluding carboxylic acids is 1. The second-order valence-electron chi connectivity index (χ2n) is 8.34. The Morgan fingerprint density at radius 2 is 1.69 bits per heavy atom. The summed E-state index contributed by atoms with van der Waals surface area (Å²) in [6.45, 7) is 5.51. The predicted molar refractivity (Wildman–Crippen MR) is 133 cm³/mol. The average Bonchev–Trinajstić information content (AvgIpc) is 2.89. The highest BCUT2D eigenvalue weighted by molar-refractivity contribution is 5.94. The first kappa shape index (κ1) is 24.1. The SMILES string of the molecule is CCN(CC)C(=O)c1ccc(C2c3cc(Oc4ccccc4)c(OC)cc3CCN2C(=O)O)cc1. The largest absolute Gasteiger partial charge is 0.493 e. The van der Waals surface area contributed by atoms with Gasteiger partial charge in [-0.1, -0.05) is 30.3 Å². The lowest BCUT2D eigenvalue weighted by atomic mass is 9.87. The second kappa shape index (κ2) is 10.5. The van der Waals surface area contributed by atoms with E-state index in [1.807, 2.05) is 68.4 Å². The summed E-state index contributed by atoms with van der Waals surface area (Å²) in [5, 5.41) is 9.99. The number of carboxylic acid groups (broad SMARTS) is 1. The normalized spacial score (nSPS) is 14.7. The molecular formula is C28H30N2O5. The van der Waals surface area contributed by atoms with Gasteiger partial charge in [-0.2, -0.15) is 0 Å². The molecule has 4 rings (SSSR count). The Balaban J connectivity index is 1.75. The Morgan fingerprint density at radius 3 is 2.29 bits per heavy atom. The summed E-state index contributed by atoms with van der Waals surface area (Å²) < 4.78 is 11.7. The standard InChI is InChI=1S/C28H30N2O5/c1-4-29(5-2)27(31)20-13-11-19(12-14-20)26-23-18-25(35-22-9-7-6-8-10-22)24(34-3)17-21(23)15-16-30(26)28(32)33/h6-14,17-18,26H,4-5,15-16H2,1-3H3,(H,32,33). The van der Waals surface area contributed by atoms with Gasteiger partial charge in [-0.3, -0.25) is 9.69 Å². The van der Waals surface area contributed by atoms with E-state index in [1.165, 1.54) is 4.90 Å². The number of nitrogens with zero attached hydrogens (tertiary/aromatic N) is 2. The van der Waals surface area contributed by atoms with Crippen molar-refractivity contribution in [2.45, 2.75) is 26.3 Å². The molecule has 182 valence electrons. The zero-order chi connectivity index (χ0) is 24.9.